The molecule has 3 aliphatic rings. The molecule has 15 heteroatoms. The maximum Gasteiger partial charge on any atom is 0.451 e. The zero-order chi connectivity index (χ0) is 28.8. The lowest BCUT2D eigenvalue weighted by Gasteiger charge is -2.42. The van der Waals surface area contributed by atoms with Crippen molar-refractivity contribution < 1.29 is 31.9 Å². The molecular weight excluding hydrogens is 571 g/mol. The molecule has 0 radical (unpaired) electrons. The van der Waals surface area contributed by atoms with Crippen LogP contribution in [0.1, 0.15) is 38.8 Å². The Morgan fingerprint density at radius 1 is 1.07 bits per heavy atom. The Bertz CT molecular complexity index is 1850. The zero-order valence-corrected chi connectivity index (χ0v) is 21.5. The number of benzene rings is 2. The van der Waals surface area contributed by atoms with Gasteiger partial charge in [-0.3, -0.25) is 9.59 Å². The predicted molar refractivity (Wildman–Crippen MR) is 135 cm³/mol. The van der Waals surface area contributed by atoms with Crippen molar-refractivity contribution in [3.8, 4) is 17.0 Å². The van der Waals surface area contributed by atoms with Crippen LogP contribution in [-0.4, -0.2) is 41.5 Å². The van der Waals surface area contributed by atoms with E-state index in [1.807, 2.05) is 24.3 Å². The number of alkyl halides is 3. The summed E-state index contributed by atoms with van der Waals surface area (Å²) in [6.45, 7) is -0.791. The Balaban J connectivity index is 1.41. The Hall–Kier alpha value is -4.40. The molecule has 0 aliphatic carbocycles. The van der Waals surface area contributed by atoms with E-state index in [4.69, 9.17) is 0 Å². The maximum atomic E-state index is 15.1. The van der Waals surface area contributed by atoms with Crippen molar-refractivity contribution in [2.45, 2.75) is 42.5 Å². The van der Waals surface area contributed by atoms with E-state index in [2.05, 4.69) is 15.6 Å². The molecule has 9 nitrogen and oxygen atoms in total. The SMILES string of the molecule is O=C1c2c(O)c(=O)cc(-c3cc(F)c(F)c4c3Cc3ccccc3SC4)n2N[C@@H]2Cn3c(nnc3C(F)(F)F)CN12. The quantitative estimate of drug-likeness (QED) is 0.326. The van der Waals surface area contributed by atoms with E-state index in [0.29, 0.717) is 5.56 Å². The minimum Gasteiger partial charge on any atom is -0.502 e. The third kappa shape index (κ3) is 3.82. The van der Waals surface area contributed by atoms with Crippen molar-refractivity contribution in [3.05, 3.63) is 92.3 Å². The number of hydrogen-bond donors (Lipinski definition) is 2. The van der Waals surface area contributed by atoms with E-state index < -0.39 is 59.1 Å². The number of aromatic hydroxyl groups is 1. The summed E-state index contributed by atoms with van der Waals surface area (Å²) in [5, 5.41) is 17.4. The summed E-state index contributed by atoms with van der Waals surface area (Å²) >= 11 is 1.33. The Kier molecular flexibility index (Phi) is 5.48. The van der Waals surface area contributed by atoms with Gasteiger partial charge < -0.3 is 20.0 Å². The number of fused-ring (bicyclic) bond motifs is 5. The highest BCUT2D eigenvalue weighted by Crippen LogP contribution is 2.41. The molecule has 0 fully saturated rings. The number of nitrogens with zero attached hydrogens (tertiary/aromatic N) is 5. The minimum atomic E-state index is -4.80. The molecule has 0 saturated carbocycles. The maximum absolute atomic E-state index is 15.1. The van der Waals surface area contributed by atoms with Crippen LogP contribution in [0.15, 0.2) is 46.1 Å². The Morgan fingerprint density at radius 2 is 1.85 bits per heavy atom. The summed E-state index contributed by atoms with van der Waals surface area (Å²) in [7, 11) is 0. The van der Waals surface area contributed by atoms with Crippen molar-refractivity contribution in [3.63, 3.8) is 0 Å². The standard InChI is InChI=1S/C26H17F5N6O3S/c27-15-6-13(12-5-11-3-1-2-4-18(11)41-10-14(12)21(15)28)16-7-17(38)23(39)22-24(40)35-8-19-32-33-25(26(29,30)31)36(19)9-20(35)34-37(16)22/h1-4,6-7,20,34,39H,5,8-10H2/t20-/m0/s1. The number of hydrogen-bond acceptors (Lipinski definition) is 7. The predicted octanol–water partition coefficient (Wildman–Crippen LogP) is 3.85. The minimum absolute atomic E-state index is 0.0547. The normalized spacial score (nSPS) is 17.5. The molecule has 41 heavy (non-hydrogen) atoms. The highest BCUT2D eigenvalue weighted by molar-refractivity contribution is 7.98. The third-order valence-corrected chi connectivity index (χ3v) is 8.62. The molecule has 0 bridgehead atoms. The molecular formula is C26H17F5N6O3S. The first kappa shape index (κ1) is 25.6. The number of thioether (sulfide) groups is 1. The summed E-state index contributed by atoms with van der Waals surface area (Å²) in [5.74, 6) is -5.24. The summed E-state index contributed by atoms with van der Waals surface area (Å²) in [4.78, 5) is 28.5. The number of halogens is 5. The summed E-state index contributed by atoms with van der Waals surface area (Å²) < 4.78 is 72.6. The van der Waals surface area contributed by atoms with Gasteiger partial charge in [-0.2, -0.15) is 13.2 Å². The first-order valence-corrected chi connectivity index (χ1v) is 13.3. The fourth-order valence-electron chi connectivity index (χ4n) is 5.55. The van der Waals surface area contributed by atoms with Crippen LogP contribution in [0, 0.1) is 11.6 Å². The van der Waals surface area contributed by atoms with Gasteiger partial charge in [-0.15, -0.1) is 22.0 Å². The largest absolute Gasteiger partial charge is 0.502 e. The van der Waals surface area contributed by atoms with Crippen LogP contribution in [0.2, 0.25) is 0 Å². The number of amides is 1. The molecule has 0 spiro atoms. The molecule has 2 aromatic heterocycles. The average Bonchev–Trinajstić information content (AvgIpc) is 3.25. The van der Waals surface area contributed by atoms with Crippen LogP contribution < -0.4 is 10.9 Å². The second-order valence-corrected chi connectivity index (χ2v) is 10.8. The number of pyridine rings is 1. The van der Waals surface area contributed by atoms with Crippen molar-refractivity contribution in [2.24, 2.45) is 0 Å². The van der Waals surface area contributed by atoms with Gasteiger partial charge in [0.2, 0.25) is 11.3 Å². The summed E-state index contributed by atoms with van der Waals surface area (Å²) in [6, 6.07) is 9.25. The highest BCUT2D eigenvalue weighted by atomic mass is 32.2. The first-order chi connectivity index (χ1) is 19.5. The fourth-order valence-corrected chi connectivity index (χ4v) is 6.66. The molecule has 210 valence electrons. The second kappa shape index (κ2) is 8.80. The van der Waals surface area contributed by atoms with Crippen molar-refractivity contribution in [2.75, 3.05) is 5.43 Å². The average molecular weight is 589 g/mol. The van der Waals surface area contributed by atoms with Gasteiger partial charge in [0, 0.05) is 27.8 Å². The van der Waals surface area contributed by atoms with Crippen molar-refractivity contribution >= 4 is 17.7 Å². The van der Waals surface area contributed by atoms with E-state index in [1.165, 1.54) is 11.8 Å². The van der Waals surface area contributed by atoms with Gasteiger partial charge in [0.1, 0.15) is 6.17 Å². The monoisotopic (exact) mass is 588 g/mol. The number of carbonyl (C=O) groups excluding carboxylic acids is 1. The number of nitrogens with one attached hydrogen (secondary N) is 1. The molecule has 0 saturated heterocycles. The van der Waals surface area contributed by atoms with Crippen LogP contribution in [0.4, 0.5) is 22.0 Å². The lowest BCUT2D eigenvalue weighted by molar-refractivity contribution is -0.148. The van der Waals surface area contributed by atoms with Crippen molar-refractivity contribution in [1.29, 1.82) is 0 Å². The van der Waals surface area contributed by atoms with Crippen molar-refractivity contribution in [1.82, 2.24) is 24.3 Å². The number of aromatic nitrogens is 4. The molecule has 2 N–H and O–H groups in total. The molecule has 4 aromatic rings. The first-order valence-electron chi connectivity index (χ1n) is 12.3. The Morgan fingerprint density at radius 3 is 2.63 bits per heavy atom. The van der Waals surface area contributed by atoms with Gasteiger partial charge in [-0.05, 0) is 29.7 Å². The molecule has 2 aromatic carbocycles. The molecule has 7 rings (SSSR count). The topological polar surface area (TPSA) is 105 Å². The Labute approximate surface area is 231 Å². The van der Waals surface area contributed by atoms with E-state index >= 15 is 8.78 Å². The van der Waals surface area contributed by atoms with Crippen LogP contribution in [0.3, 0.4) is 0 Å². The molecule has 0 unspecified atom stereocenters. The van der Waals surface area contributed by atoms with Crippen LogP contribution >= 0.6 is 11.8 Å². The van der Waals surface area contributed by atoms with Gasteiger partial charge >= 0.3 is 6.18 Å². The van der Waals surface area contributed by atoms with Crippen LogP contribution in [-0.2, 0) is 31.4 Å². The van der Waals surface area contributed by atoms with E-state index in [1.54, 1.807) is 0 Å². The number of carbonyl (C=O) groups is 1. The van der Waals surface area contributed by atoms with E-state index in [-0.39, 0.29) is 41.4 Å². The molecule has 3 aliphatic heterocycles. The van der Waals surface area contributed by atoms with Gasteiger partial charge in [0.05, 0.1) is 18.8 Å². The van der Waals surface area contributed by atoms with Gasteiger partial charge in [0.15, 0.2) is 28.9 Å². The second-order valence-electron chi connectivity index (χ2n) is 9.80. The van der Waals surface area contributed by atoms with Crippen LogP contribution in [0.25, 0.3) is 11.3 Å². The smallest absolute Gasteiger partial charge is 0.451 e. The summed E-state index contributed by atoms with van der Waals surface area (Å²) in [5.41, 5.74) is 2.82. The van der Waals surface area contributed by atoms with Gasteiger partial charge in [-0.25, -0.2) is 13.5 Å². The summed E-state index contributed by atoms with van der Waals surface area (Å²) in [6.07, 6.45) is -5.70. The fraction of sp³-hybridized carbons (Fsp3) is 0.231. The van der Waals surface area contributed by atoms with Crippen LogP contribution in [0.5, 0.6) is 5.75 Å². The lowest BCUT2D eigenvalue weighted by Crippen LogP contribution is -2.58. The van der Waals surface area contributed by atoms with E-state index in [9.17, 15) is 27.9 Å². The molecule has 1 amide bonds. The lowest BCUT2D eigenvalue weighted by atomic mass is 9.92. The molecule has 1 atom stereocenters. The third-order valence-electron chi connectivity index (χ3n) is 7.48. The molecule has 5 heterocycles. The zero-order valence-electron chi connectivity index (χ0n) is 20.7. The van der Waals surface area contributed by atoms with Gasteiger partial charge in [-0.1, -0.05) is 18.2 Å². The van der Waals surface area contributed by atoms with E-state index in [0.717, 1.165) is 36.7 Å². The number of rotatable bonds is 1. The highest BCUT2D eigenvalue weighted by Gasteiger charge is 2.45. The van der Waals surface area contributed by atoms with Gasteiger partial charge in [0.25, 0.3) is 5.91 Å².